The van der Waals surface area contributed by atoms with E-state index in [0.717, 1.165) is 16.7 Å². The van der Waals surface area contributed by atoms with Gasteiger partial charge in [0.05, 0.1) is 0 Å². The van der Waals surface area contributed by atoms with E-state index in [1.165, 1.54) is 12.1 Å². The van der Waals surface area contributed by atoms with Gasteiger partial charge in [-0.3, -0.25) is 0 Å². The summed E-state index contributed by atoms with van der Waals surface area (Å²) in [6.07, 6.45) is 0. The average Bonchev–Trinajstić information content (AvgIpc) is 2.20. The van der Waals surface area contributed by atoms with Crippen LogP contribution in [-0.2, 0) is 0 Å². The van der Waals surface area contributed by atoms with Crippen molar-refractivity contribution >= 4 is 11.6 Å². The van der Waals surface area contributed by atoms with E-state index in [-0.39, 0.29) is 5.82 Å². The number of hydrogen-bond acceptors (Lipinski definition) is 0. The van der Waals surface area contributed by atoms with Crippen LogP contribution in [0, 0.1) is 12.7 Å². The van der Waals surface area contributed by atoms with Crippen LogP contribution in [0.2, 0.25) is 5.02 Å². The van der Waals surface area contributed by atoms with Crippen molar-refractivity contribution in [3.05, 3.63) is 58.9 Å². The van der Waals surface area contributed by atoms with E-state index in [4.69, 9.17) is 11.6 Å². The molecule has 0 aliphatic carbocycles. The molecule has 2 heteroatoms. The Morgan fingerprint density at radius 1 is 1.00 bits per heavy atom. The third-order valence-corrected chi connectivity index (χ3v) is 2.67. The van der Waals surface area contributed by atoms with Gasteiger partial charge in [-0.05, 0) is 36.2 Å². The molecule has 0 fully saturated rings. The molecule has 2 aromatic carbocycles. The Morgan fingerprint density at radius 3 is 2.27 bits per heavy atom. The molecule has 0 aromatic heterocycles. The van der Waals surface area contributed by atoms with Crippen LogP contribution in [0.25, 0.3) is 11.1 Å². The summed E-state index contributed by atoms with van der Waals surface area (Å²) in [6, 6.07) is 12.1. The van der Waals surface area contributed by atoms with Crippen LogP contribution >= 0.6 is 11.6 Å². The van der Waals surface area contributed by atoms with E-state index in [1.54, 1.807) is 12.1 Å². The highest BCUT2D eigenvalue weighted by atomic mass is 35.5. The summed E-state index contributed by atoms with van der Waals surface area (Å²) in [5.74, 6) is -0.233. The fraction of sp³-hybridized carbons (Fsp3) is 0.0769. The van der Waals surface area contributed by atoms with Crippen molar-refractivity contribution in [2.45, 2.75) is 6.92 Å². The van der Waals surface area contributed by atoms with E-state index in [9.17, 15) is 4.39 Å². The Kier molecular flexibility index (Phi) is 2.74. The number of halogens is 2. The van der Waals surface area contributed by atoms with Crippen LogP contribution in [0.5, 0.6) is 0 Å². The lowest BCUT2D eigenvalue weighted by Gasteiger charge is -2.07. The van der Waals surface area contributed by atoms with Gasteiger partial charge in [-0.15, -0.1) is 0 Å². The predicted octanol–water partition coefficient (Wildman–Crippen LogP) is 4.45. The Bertz CT molecular complexity index is 454. The lowest BCUT2D eigenvalue weighted by molar-refractivity contribution is 0.628. The van der Waals surface area contributed by atoms with Crippen molar-refractivity contribution in [3.63, 3.8) is 0 Å². The SMILES string of the molecule is Cc1cccc(Cl)c1-c1ccc(F)cc1. The van der Waals surface area contributed by atoms with E-state index < -0.39 is 0 Å². The fourth-order valence-electron chi connectivity index (χ4n) is 1.61. The Hall–Kier alpha value is -1.34. The van der Waals surface area contributed by atoms with Gasteiger partial charge in [0.2, 0.25) is 0 Å². The van der Waals surface area contributed by atoms with Gasteiger partial charge >= 0.3 is 0 Å². The summed E-state index contributed by atoms with van der Waals surface area (Å²) in [5.41, 5.74) is 3.01. The highest BCUT2D eigenvalue weighted by Crippen LogP contribution is 2.30. The Balaban J connectivity index is 2.58. The zero-order chi connectivity index (χ0) is 10.8. The molecule has 2 rings (SSSR count). The van der Waals surface area contributed by atoms with Crippen molar-refractivity contribution in [1.29, 1.82) is 0 Å². The molecule has 0 aliphatic heterocycles. The molecule has 0 radical (unpaired) electrons. The monoisotopic (exact) mass is 220 g/mol. The zero-order valence-corrected chi connectivity index (χ0v) is 9.05. The first-order chi connectivity index (χ1) is 7.18. The molecule has 0 bridgehead atoms. The highest BCUT2D eigenvalue weighted by Gasteiger charge is 2.05. The van der Waals surface area contributed by atoms with Gasteiger partial charge < -0.3 is 0 Å². The van der Waals surface area contributed by atoms with Crippen LogP contribution in [0.3, 0.4) is 0 Å². The third-order valence-electron chi connectivity index (χ3n) is 2.35. The number of benzene rings is 2. The maximum atomic E-state index is 12.8. The van der Waals surface area contributed by atoms with E-state index >= 15 is 0 Å². The summed E-state index contributed by atoms with van der Waals surface area (Å²) >= 11 is 6.11. The number of aryl methyl sites for hydroxylation is 1. The van der Waals surface area contributed by atoms with Crippen LogP contribution in [0.4, 0.5) is 4.39 Å². The molecule has 2 aromatic rings. The quantitative estimate of drug-likeness (QED) is 0.666. The van der Waals surface area contributed by atoms with Crippen molar-refractivity contribution in [2.75, 3.05) is 0 Å². The van der Waals surface area contributed by atoms with E-state index in [0.29, 0.717) is 5.02 Å². The maximum absolute atomic E-state index is 12.8. The van der Waals surface area contributed by atoms with Crippen LogP contribution < -0.4 is 0 Å². The number of hydrogen-bond donors (Lipinski definition) is 0. The first-order valence-electron chi connectivity index (χ1n) is 4.69. The minimum Gasteiger partial charge on any atom is -0.207 e. The zero-order valence-electron chi connectivity index (χ0n) is 8.30. The molecule has 0 N–H and O–H groups in total. The van der Waals surface area contributed by atoms with Crippen molar-refractivity contribution in [3.8, 4) is 11.1 Å². The molecule has 0 saturated carbocycles. The highest BCUT2D eigenvalue weighted by molar-refractivity contribution is 6.33. The lowest BCUT2D eigenvalue weighted by Crippen LogP contribution is -1.84. The second kappa shape index (κ2) is 4.03. The minimum absolute atomic E-state index is 0.233. The first kappa shape index (κ1) is 10.2. The molecule has 0 amide bonds. The standard InChI is InChI=1S/C13H10ClF/c1-9-3-2-4-12(14)13(9)10-5-7-11(15)8-6-10/h2-8H,1H3. The van der Waals surface area contributed by atoms with E-state index in [1.807, 2.05) is 25.1 Å². The predicted molar refractivity (Wildman–Crippen MR) is 61.6 cm³/mol. The molecular formula is C13H10ClF. The molecule has 0 saturated heterocycles. The maximum Gasteiger partial charge on any atom is 0.123 e. The second-order valence-corrected chi connectivity index (χ2v) is 3.85. The topological polar surface area (TPSA) is 0 Å². The van der Waals surface area contributed by atoms with Crippen molar-refractivity contribution < 1.29 is 4.39 Å². The number of rotatable bonds is 1. The van der Waals surface area contributed by atoms with Gasteiger partial charge in [-0.2, -0.15) is 0 Å². The molecule has 0 spiro atoms. The van der Waals surface area contributed by atoms with Crippen molar-refractivity contribution in [1.82, 2.24) is 0 Å². The van der Waals surface area contributed by atoms with Crippen LogP contribution in [0.1, 0.15) is 5.56 Å². The smallest absolute Gasteiger partial charge is 0.123 e. The Labute approximate surface area is 93.3 Å². The molecule has 0 unspecified atom stereocenters. The molecule has 0 aliphatic rings. The average molecular weight is 221 g/mol. The summed E-state index contributed by atoms with van der Waals surface area (Å²) < 4.78 is 12.8. The van der Waals surface area contributed by atoms with Crippen molar-refractivity contribution in [2.24, 2.45) is 0 Å². The van der Waals surface area contributed by atoms with E-state index in [2.05, 4.69) is 0 Å². The summed E-state index contributed by atoms with van der Waals surface area (Å²) in [5, 5.41) is 0.696. The van der Waals surface area contributed by atoms with Gasteiger partial charge in [0, 0.05) is 10.6 Å². The molecule has 76 valence electrons. The molecule has 15 heavy (non-hydrogen) atoms. The summed E-state index contributed by atoms with van der Waals surface area (Å²) in [6.45, 7) is 1.99. The van der Waals surface area contributed by atoms with Gasteiger partial charge in [0.15, 0.2) is 0 Å². The minimum atomic E-state index is -0.233. The molecular weight excluding hydrogens is 211 g/mol. The summed E-state index contributed by atoms with van der Waals surface area (Å²) in [4.78, 5) is 0. The van der Waals surface area contributed by atoms with Gasteiger partial charge in [0.1, 0.15) is 5.82 Å². The second-order valence-electron chi connectivity index (χ2n) is 3.44. The first-order valence-corrected chi connectivity index (χ1v) is 5.07. The van der Waals surface area contributed by atoms with Gasteiger partial charge in [0.25, 0.3) is 0 Å². The molecule has 0 heterocycles. The largest absolute Gasteiger partial charge is 0.207 e. The summed E-state index contributed by atoms with van der Waals surface area (Å²) in [7, 11) is 0. The molecule has 0 atom stereocenters. The lowest BCUT2D eigenvalue weighted by atomic mass is 10.0. The Morgan fingerprint density at radius 2 is 1.67 bits per heavy atom. The van der Waals surface area contributed by atoms with Crippen LogP contribution in [0.15, 0.2) is 42.5 Å². The molecule has 0 nitrogen and oxygen atoms in total. The van der Waals surface area contributed by atoms with Gasteiger partial charge in [-0.25, -0.2) is 4.39 Å². The van der Waals surface area contributed by atoms with Gasteiger partial charge in [-0.1, -0.05) is 35.9 Å². The normalized spacial score (nSPS) is 10.3. The fourth-order valence-corrected chi connectivity index (χ4v) is 1.94. The third kappa shape index (κ3) is 2.02. The van der Waals surface area contributed by atoms with Crippen LogP contribution in [-0.4, -0.2) is 0 Å².